The first-order valence-electron chi connectivity index (χ1n) is 8.72. The first-order valence-corrected chi connectivity index (χ1v) is 9.63. The summed E-state index contributed by atoms with van der Waals surface area (Å²) < 4.78 is 3.74. The van der Waals surface area contributed by atoms with E-state index < -0.39 is 0 Å². The Bertz CT molecular complexity index is 723. The zero-order valence-electron chi connectivity index (χ0n) is 13.9. The predicted octanol–water partition coefficient (Wildman–Crippen LogP) is 3.24. The Morgan fingerprint density at radius 1 is 1.21 bits per heavy atom. The van der Waals surface area contributed by atoms with Crippen molar-refractivity contribution in [3.63, 3.8) is 0 Å². The van der Waals surface area contributed by atoms with Gasteiger partial charge in [0, 0.05) is 37.4 Å². The zero-order valence-corrected chi connectivity index (χ0v) is 15.5. The van der Waals surface area contributed by atoms with Crippen molar-refractivity contribution < 1.29 is 4.79 Å². The molecule has 6 heteroatoms. The lowest BCUT2D eigenvalue weighted by molar-refractivity contribution is 0.0528. The molecule has 1 saturated carbocycles. The van der Waals surface area contributed by atoms with E-state index in [0.29, 0.717) is 16.3 Å². The molecule has 0 bridgehead atoms. The van der Waals surface area contributed by atoms with Crippen LogP contribution >= 0.6 is 15.9 Å². The summed E-state index contributed by atoms with van der Waals surface area (Å²) in [5.74, 6) is 2.38. The van der Waals surface area contributed by atoms with Crippen LogP contribution in [-0.4, -0.2) is 43.1 Å². The summed E-state index contributed by atoms with van der Waals surface area (Å²) in [7, 11) is 1.88. The van der Waals surface area contributed by atoms with Crippen LogP contribution < -0.4 is 0 Å². The quantitative estimate of drug-likeness (QED) is 0.738. The van der Waals surface area contributed by atoms with Crippen LogP contribution in [0.1, 0.15) is 36.0 Å². The lowest BCUT2D eigenvalue weighted by atomic mass is 9.75. The fourth-order valence-electron chi connectivity index (χ4n) is 4.28. The van der Waals surface area contributed by atoms with Crippen LogP contribution in [0.3, 0.4) is 0 Å². The van der Waals surface area contributed by atoms with Gasteiger partial charge in [0.2, 0.25) is 0 Å². The maximum atomic E-state index is 13.1. The minimum Gasteiger partial charge on any atom is -0.338 e. The number of nitrogens with zero attached hydrogens (tertiary/aromatic N) is 4. The summed E-state index contributed by atoms with van der Waals surface area (Å²) in [4.78, 5) is 15.8. The number of aryl methyl sites for hydroxylation is 1. The number of piperidine rings is 1. The van der Waals surface area contributed by atoms with Gasteiger partial charge in [-0.1, -0.05) is 15.9 Å². The van der Waals surface area contributed by atoms with E-state index >= 15 is 0 Å². The Morgan fingerprint density at radius 3 is 2.79 bits per heavy atom. The molecule has 5 nitrogen and oxygen atoms in total. The Hall–Kier alpha value is -1.56. The average Bonchev–Trinajstić information content (AvgIpc) is 3.22. The van der Waals surface area contributed by atoms with Crippen molar-refractivity contribution in [2.45, 2.75) is 30.5 Å². The normalized spacial score (nSPS) is 27.1. The van der Waals surface area contributed by atoms with Gasteiger partial charge >= 0.3 is 0 Å². The standard InChI is InChI=1S/C18H23BrN4O/c1-21-17(22-7-2-3-8-22)16(11-20-21)18(24)23-9-6-13-10-15(19)5-4-14(13)12-23/h2-3,7-8,11,13-15H,4-6,9-10,12H2,1H3. The lowest BCUT2D eigenvalue weighted by Gasteiger charge is -2.42. The molecule has 3 unspecified atom stereocenters. The van der Waals surface area contributed by atoms with E-state index in [2.05, 4.69) is 21.0 Å². The number of fused-ring (bicyclic) bond motifs is 1. The summed E-state index contributed by atoms with van der Waals surface area (Å²) in [6.07, 6.45) is 10.5. The number of halogens is 1. The van der Waals surface area contributed by atoms with Gasteiger partial charge in [-0.25, -0.2) is 0 Å². The Morgan fingerprint density at radius 2 is 2.00 bits per heavy atom. The van der Waals surface area contributed by atoms with Crippen LogP contribution in [0.5, 0.6) is 0 Å². The SMILES string of the molecule is Cn1ncc(C(=O)N2CCC3CC(Br)CCC3C2)c1-n1cccc1. The Kier molecular flexibility index (Phi) is 4.24. The molecule has 2 aliphatic rings. The van der Waals surface area contributed by atoms with Crippen molar-refractivity contribution in [3.8, 4) is 5.82 Å². The van der Waals surface area contributed by atoms with E-state index in [1.165, 1.54) is 19.3 Å². The van der Waals surface area contributed by atoms with E-state index in [0.717, 1.165) is 31.2 Å². The van der Waals surface area contributed by atoms with Crippen molar-refractivity contribution in [3.05, 3.63) is 36.3 Å². The predicted molar refractivity (Wildman–Crippen MR) is 96.6 cm³/mol. The summed E-state index contributed by atoms with van der Waals surface area (Å²) in [6.45, 7) is 1.75. The molecule has 1 amide bonds. The molecule has 0 aromatic carbocycles. The van der Waals surface area contributed by atoms with Gasteiger partial charge in [0.15, 0.2) is 0 Å². The van der Waals surface area contributed by atoms with E-state index in [4.69, 9.17) is 0 Å². The molecule has 128 valence electrons. The number of carbonyl (C=O) groups excluding carboxylic acids is 1. The number of alkyl halides is 1. The molecule has 1 saturated heterocycles. The number of rotatable bonds is 2. The summed E-state index contributed by atoms with van der Waals surface area (Å²) in [5.41, 5.74) is 0.696. The molecule has 1 aliphatic heterocycles. The number of hydrogen-bond donors (Lipinski definition) is 0. The number of carbonyl (C=O) groups is 1. The van der Waals surface area contributed by atoms with Gasteiger partial charge in [-0.2, -0.15) is 5.10 Å². The topological polar surface area (TPSA) is 43.1 Å². The van der Waals surface area contributed by atoms with Crippen molar-refractivity contribution in [1.29, 1.82) is 0 Å². The third-order valence-electron chi connectivity index (χ3n) is 5.57. The molecular formula is C18H23BrN4O. The molecular weight excluding hydrogens is 368 g/mol. The van der Waals surface area contributed by atoms with Crippen LogP contribution in [0.15, 0.2) is 30.7 Å². The minimum atomic E-state index is 0.117. The average molecular weight is 391 g/mol. The third-order valence-corrected chi connectivity index (χ3v) is 6.41. The molecule has 3 atom stereocenters. The van der Waals surface area contributed by atoms with E-state index in [9.17, 15) is 4.79 Å². The van der Waals surface area contributed by atoms with Crippen LogP contribution in [0, 0.1) is 11.8 Å². The van der Waals surface area contributed by atoms with Gasteiger partial charge in [-0.3, -0.25) is 9.48 Å². The molecule has 0 N–H and O–H groups in total. The van der Waals surface area contributed by atoms with Crippen molar-refractivity contribution in [1.82, 2.24) is 19.2 Å². The third kappa shape index (κ3) is 2.81. The van der Waals surface area contributed by atoms with E-state index in [1.54, 1.807) is 10.9 Å². The highest BCUT2D eigenvalue weighted by molar-refractivity contribution is 9.09. The summed E-state index contributed by atoms with van der Waals surface area (Å²) in [5, 5.41) is 4.32. The second-order valence-corrected chi connectivity index (χ2v) is 8.36. The van der Waals surface area contributed by atoms with Gasteiger partial charge in [-0.15, -0.1) is 0 Å². The molecule has 24 heavy (non-hydrogen) atoms. The van der Waals surface area contributed by atoms with Gasteiger partial charge in [0.1, 0.15) is 11.4 Å². The van der Waals surface area contributed by atoms with Gasteiger partial charge in [-0.05, 0) is 49.7 Å². The van der Waals surface area contributed by atoms with Crippen LogP contribution in [0.2, 0.25) is 0 Å². The molecule has 2 aromatic rings. The zero-order chi connectivity index (χ0) is 16.7. The minimum absolute atomic E-state index is 0.117. The molecule has 2 aromatic heterocycles. The fourth-order valence-corrected chi connectivity index (χ4v) is 5.02. The summed E-state index contributed by atoms with van der Waals surface area (Å²) in [6, 6.07) is 3.93. The van der Waals surface area contributed by atoms with Gasteiger partial charge in [0.05, 0.1) is 6.20 Å². The van der Waals surface area contributed by atoms with Crippen LogP contribution in [-0.2, 0) is 7.05 Å². The smallest absolute Gasteiger partial charge is 0.259 e. The fraction of sp³-hybridized carbons (Fsp3) is 0.556. The Labute approximate surface area is 150 Å². The molecule has 2 fully saturated rings. The molecule has 4 rings (SSSR count). The van der Waals surface area contributed by atoms with Crippen LogP contribution in [0.25, 0.3) is 5.82 Å². The monoisotopic (exact) mass is 390 g/mol. The molecule has 3 heterocycles. The number of hydrogen-bond acceptors (Lipinski definition) is 2. The summed E-state index contributed by atoms with van der Waals surface area (Å²) >= 11 is 3.77. The van der Waals surface area contributed by atoms with Crippen molar-refractivity contribution in [2.75, 3.05) is 13.1 Å². The first-order chi connectivity index (χ1) is 11.6. The van der Waals surface area contributed by atoms with Gasteiger partial charge in [0.25, 0.3) is 5.91 Å². The van der Waals surface area contributed by atoms with Crippen molar-refractivity contribution >= 4 is 21.8 Å². The van der Waals surface area contributed by atoms with E-state index in [-0.39, 0.29) is 5.91 Å². The maximum Gasteiger partial charge on any atom is 0.259 e. The van der Waals surface area contributed by atoms with E-state index in [1.807, 2.05) is 41.0 Å². The van der Waals surface area contributed by atoms with Crippen molar-refractivity contribution in [2.24, 2.45) is 18.9 Å². The molecule has 0 spiro atoms. The highest BCUT2D eigenvalue weighted by Gasteiger charge is 2.36. The maximum absolute atomic E-state index is 13.1. The second-order valence-electron chi connectivity index (χ2n) is 7.07. The highest BCUT2D eigenvalue weighted by atomic mass is 79.9. The largest absolute Gasteiger partial charge is 0.338 e. The number of aromatic nitrogens is 3. The molecule has 1 aliphatic carbocycles. The number of likely N-dealkylation sites (tertiary alicyclic amines) is 1. The lowest BCUT2D eigenvalue weighted by Crippen LogP contribution is -2.46. The Balaban J connectivity index is 1.55. The van der Waals surface area contributed by atoms with Crippen LogP contribution in [0.4, 0.5) is 0 Å². The highest BCUT2D eigenvalue weighted by Crippen LogP contribution is 2.39. The number of amides is 1. The molecule has 0 radical (unpaired) electrons. The second kappa shape index (κ2) is 6.39. The van der Waals surface area contributed by atoms with Gasteiger partial charge < -0.3 is 9.47 Å². The first kappa shape index (κ1) is 15.9.